The Bertz CT molecular complexity index is 1610. The lowest BCUT2D eigenvalue weighted by molar-refractivity contribution is 0.0697. The summed E-state index contributed by atoms with van der Waals surface area (Å²) in [6, 6.07) is 27.5. The van der Waals surface area contributed by atoms with Crippen LogP contribution in [0, 0.1) is 0 Å². The predicted molar refractivity (Wildman–Crippen MR) is 152 cm³/mol. The number of para-hydroxylation sites is 2. The van der Waals surface area contributed by atoms with Gasteiger partial charge >= 0.3 is 5.97 Å². The maximum atomic E-state index is 13.3. The molecule has 0 fully saturated rings. The number of hydrogen-bond donors (Lipinski definition) is 3. The van der Waals surface area contributed by atoms with Crippen molar-refractivity contribution in [2.75, 3.05) is 7.11 Å². The van der Waals surface area contributed by atoms with E-state index < -0.39 is 5.97 Å². The van der Waals surface area contributed by atoms with E-state index >= 15 is 0 Å². The molecule has 7 heteroatoms. The number of aromatic nitrogens is 2. The fraction of sp³-hybridized carbons (Fsp3) is 0.156. The molecule has 0 spiro atoms. The van der Waals surface area contributed by atoms with E-state index in [1.807, 2.05) is 66.7 Å². The number of imidazole rings is 1. The normalized spacial score (nSPS) is 11.7. The van der Waals surface area contributed by atoms with Gasteiger partial charge in [0.25, 0.3) is 5.91 Å². The second-order valence-corrected chi connectivity index (χ2v) is 9.30. The number of rotatable bonds is 9. The standard InChI is InChI=1S/C32H29N3O4/c1-3-9-27(20-10-5-4-6-11-20)35-31(36)21-14-16-23(26(18-21)32(37)38)25-19-22(39-2)15-17-24(25)30-33-28-12-7-8-13-29(28)34-30/h4-8,10-19,27H,3,9H2,1-2H3,(H,33,34)(H,35,36)(H,37,38)/t27-/m1/s1. The lowest BCUT2D eigenvalue weighted by atomic mass is 9.93. The Morgan fingerprint density at radius 1 is 0.923 bits per heavy atom. The number of carbonyl (C=O) groups is 2. The van der Waals surface area contributed by atoms with E-state index in [4.69, 9.17) is 9.72 Å². The molecule has 1 amide bonds. The zero-order valence-corrected chi connectivity index (χ0v) is 21.8. The summed E-state index contributed by atoms with van der Waals surface area (Å²) in [7, 11) is 1.56. The van der Waals surface area contributed by atoms with Crippen molar-refractivity contribution >= 4 is 22.9 Å². The summed E-state index contributed by atoms with van der Waals surface area (Å²) in [6.45, 7) is 2.06. The number of fused-ring (bicyclic) bond motifs is 1. The van der Waals surface area contributed by atoms with Gasteiger partial charge in [-0.1, -0.05) is 61.9 Å². The smallest absolute Gasteiger partial charge is 0.336 e. The second kappa shape index (κ2) is 11.2. The Morgan fingerprint density at radius 3 is 2.38 bits per heavy atom. The molecular weight excluding hydrogens is 490 g/mol. The number of ether oxygens (including phenoxy) is 1. The van der Waals surface area contributed by atoms with Crippen molar-refractivity contribution in [3.8, 4) is 28.3 Å². The zero-order valence-electron chi connectivity index (χ0n) is 21.8. The number of nitrogens with one attached hydrogen (secondary N) is 2. The maximum absolute atomic E-state index is 13.3. The molecule has 1 heterocycles. The van der Waals surface area contributed by atoms with Crippen LogP contribution in [0.2, 0.25) is 0 Å². The number of methoxy groups -OCH3 is 1. The lowest BCUT2D eigenvalue weighted by Crippen LogP contribution is -2.28. The predicted octanol–water partition coefficient (Wildman–Crippen LogP) is 6.87. The van der Waals surface area contributed by atoms with Crippen LogP contribution in [0.1, 0.15) is 52.1 Å². The molecule has 0 unspecified atom stereocenters. The molecule has 0 radical (unpaired) electrons. The van der Waals surface area contributed by atoms with E-state index in [0.717, 1.165) is 35.0 Å². The van der Waals surface area contributed by atoms with Crippen molar-refractivity contribution in [1.82, 2.24) is 15.3 Å². The van der Waals surface area contributed by atoms with Gasteiger partial charge in [0.05, 0.1) is 29.7 Å². The molecule has 0 saturated heterocycles. The van der Waals surface area contributed by atoms with Gasteiger partial charge in [0.2, 0.25) is 0 Å². The van der Waals surface area contributed by atoms with E-state index in [-0.39, 0.29) is 23.1 Å². The Balaban J connectivity index is 1.55. The zero-order chi connectivity index (χ0) is 27.4. The van der Waals surface area contributed by atoms with Gasteiger partial charge in [0, 0.05) is 11.1 Å². The van der Waals surface area contributed by atoms with E-state index in [1.165, 1.54) is 6.07 Å². The molecule has 5 aromatic rings. The number of aromatic carboxylic acids is 1. The van der Waals surface area contributed by atoms with Crippen molar-refractivity contribution in [3.63, 3.8) is 0 Å². The van der Waals surface area contributed by atoms with Crippen LogP contribution in [0.15, 0.2) is 91.0 Å². The van der Waals surface area contributed by atoms with Gasteiger partial charge in [-0.3, -0.25) is 4.79 Å². The number of benzene rings is 4. The summed E-state index contributed by atoms with van der Waals surface area (Å²) in [4.78, 5) is 33.8. The number of aromatic amines is 1. The molecule has 5 rings (SSSR count). The van der Waals surface area contributed by atoms with Crippen molar-refractivity contribution in [3.05, 3.63) is 108 Å². The average molecular weight is 520 g/mol. The number of H-pyrrole nitrogens is 1. The summed E-state index contributed by atoms with van der Waals surface area (Å²) in [5, 5.41) is 13.3. The Labute approximate surface area is 226 Å². The topological polar surface area (TPSA) is 104 Å². The summed E-state index contributed by atoms with van der Waals surface area (Å²) in [6.07, 6.45) is 1.66. The van der Waals surface area contributed by atoms with Crippen molar-refractivity contribution in [2.45, 2.75) is 25.8 Å². The molecule has 7 nitrogen and oxygen atoms in total. The molecule has 1 atom stereocenters. The number of carbonyl (C=O) groups excluding carboxylic acids is 1. The van der Waals surface area contributed by atoms with Crippen LogP contribution in [0.4, 0.5) is 0 Å². The molecule has 0 aliphatic heterocycles. The van der Waals surface area contributed by atoms with E-state index in [0.29, 0.717) is 22.7 Å². The highest BCUT2D eigenvalue weighted by atomic mass is 16.5. The van der Waals surface area contributed by atoms with E-state index in [2.05, 4.69) is 17.2 Å². The highest BCUT2D eigenvalue weighted by molar-refractivity contribution is 6.03. The summed E-state index contributed by atoms with van der Waals surface area (Å²) in [5.41, 5.74) is 4.79. The van der Waals surface area contributed by atoms with Gasteiger partial charge in [-0.2, -0.15) is 0 Å². The molecule has 0 bridgehead atoms. The summed E-state index contributed by atoms with van der Waals surface area (Å²) >= 11 is 0. The fourth-order valence-corrected chi connectivity index (χ4v) is 4.80. The lowest BCUT2D eigenvalue weighted by Gasteiger charge is -2.19. The maximum Gasteiger partial charge on any atom is 0.336 e. The molecular formula is C32H29N3O4. The highest BCUT2D eigenvalue weighted by Crippen LogP contribution is 2.37. The number of hydrogen-bond acceptors (Lipinski definition) is 4. The number of amides is 1. The van der Waals surface area contributed by atoms with E-state index in [9.17, 15) is 14.7 Å². The molecule has 1 aromatic heterocycles. The van der Waals surface area contributed by atoms with Crippen LogP contribution in [-0.4, -0.2) is 34.1 Å². The Hall–Kier alpha value is -4.91. The van der Waals surface area contributed by atoms with Crippen LogP contribution >= 0.6 is 0 Å². The van der Waals surface area contributed by atoms with Gasteiger partial charge < -0.3 is 20.1 Å². The Kier molecular flexibility index (Phi) is 7.41. The minimum Gasteiger partial charge on any atom is -0.497 e. The first-order valence-electron chi connectivity index (χ1n) is 12.8. The monoisotopic (exact) mass is 519 g/mol. The van der Waals surface area contributed by atoms with Crippen molar-refractivity contribution < 1.29 is 19.4 Å². The molecule has 0 saturated carbocycles. The van der Waals surface area contributed by atoms with Gasteiger partial charge in [-0.25, -0.2) is 9.78 Å². The average Bonchev–Trinajstić information content (AvgIpc) is 3.41. The van der Waals surface area contributed by atoms with Crippen molar-refractivity contribution in [2.24, 2.45) is 0 Å². The number of nitrogens with zero attached hydrogens (tertiary/aromatic N) is 1. The minimum absolute atomic E-state index is 0.0139. The summed E-state index contributed by atoms with van der Waals surface area (Å²) < 4.78 is 5.46. The van der Waals surface area contributed by atoms with E-state index in [1.54, 1.807) is 25.3 Å². The third kappa shape index (κ3) is 5.38. The molecule has 4 aromatic carbocycles. The molecule has 196 valence electrons. The van der Waals surface area contributed by atoms with Gasteiger partial charge in [0.1, 0.15) is 11.6 Å². The highest BCUT2D eigenvalue weighted by Gasteiger charge is 2.22. The number of carboxylic acids is 1. The molecule has 3 N–H and O–H groups in total. The van der Waals surface area contributed by atoms with Gasteiger partial charge in [-0.05, 0) is 65.6 Å². The van der Waals surface area contributed by atoms with Crippen LogP contribution in [0.3, 0.4) is 0 Å². The quantitative estimate of drug-likeness (QED) is 0.197. The van der Waals surface area contributed by atoms with Gasteiger partial charge in [0.15, 0.2) is 0 Å². The SMILES string of the molecule is CCC[C@@H](NC(=O)c1ccc(-c2cc(OC)ccc2-c2nc3ccccc3[nH]2)c(C(=O)O)c1)c1ccccc1. The van der Waals surface area contributed by atoms with Crippen LogP contribution in [0.25, 0.3) is 33.5 Å². The first kappa shape index (κ1) is 25.7. The first-order chi connectivity index (χ1) is 19.0. The third-order valence-corrected chi connectivity index (χ3v) is 6.76. The molecule has 39 heavy (non-hydrogen) atoms. The van der Waals surface area contributed by atoms with Gasteiger partial charge in [-0.15, -0.1) is 0 Å². The molecule has 0 aliphatic rings. The third-order valence-electron chi connectivity index (χ3n) is 6.76. The fourth-order valence-electron chi connectivity index (χ4n) is 4.80. The Morgan fingerprint density at radius 2 is 1.67 bits per heavy atom. The van der Waals surface area contributed by atoms with Crippen LogP contribution < -0.4 is 10.1 Å². The van der Waals surface area contributed by atoms with Crippen molar-refractivity contribution in [1.29, 1.82) is 0 Å². The van der Waals surface area contributed by atoms with Crippen LogP contribution in [0.5, 0.6) is 5.75 Å². The largest absolute Gasteiger partial charge is 0.497 e. The first-order valence-corrected chi connectivity index (χ1v) is 12.8. The van der Waals surface area contributed by atoms with Crippen LogP contribution in [-0.2, 0) is 0 Å². The summed E-state index contributed by atoms with van der Waals surface area (Å²) in [5.74, 6) is -0.272. The second-order valence-electron chi connectivity index (χ2n) is 9.30. The molecule has 0 aliphatic carbocycles. The number of carboxylic acid groups (broad SMARTS) is 1. The minimum atomic E-state index is -1.13.